The van der Waals surface area contributed by atoms with Gasteiger partial charge in [-0.25, -0.2) is 4.98 Å². The highest BCUT2D eigenvalue weighted by Gasteiger charge is 2.15. The Bertz CT molecular complexity index is 594. The van der Waals surface area contributed by atoms with Crippen LogP contribution in [0.4, 0.5) is 0 Å². The van der Waals surface area contributed by atoms with E-state index in [2.05, 4.69) is 4.98 Å². The Balaban J connectivity index is 2.57. The summed E-state index contributed by atoms with van der Waals surface area (Å²) in [4.78, 5) is 15.5. The van der Waals surface area contributed by atoms with Crippen LogP contribution in [0.5, 0.6) is 17.2 Å². The second-order valence-electron chi connectivity index (χ2n) is 3.59. The maximum atomic E-state index is 10.7. The first-order valence-corrected chi connectivity index (χ1v) is 6.26. The van der Waals surface area contributed by atoms with E-state index in [1.807, 2.05) is 0 Å². The summed E-state index contributed by atoms with van der Waals surface area (Å²) in [6, 6.07) is 3.55. The molecule has 2 rings (SSSR count). The lowest BCUT2D eigenvalue weighted by Gasteiger charge is -2.12. The Morgan fingerprint density at radius 3 is 2.21 bits per heavy atom. The SMILES string of the molecule is COc1cc(OC)c(-c2cnc(C=O)s2)cc1OC. The molecular formula is C13H13NO4S. The van der Waals surface area contributed by atoms with Gasteiger partial charge in [0.25, 0.3) is 0 Å². The van der Waals surface area contributed by atoms with E-state index in [4.69, 9.17) is 14.2 Å². The number of hydrogen-bond donors (Lipinski definition) is 0. The van der Waals surface area contributed by atoms with Crippen molar-refractivity contribution in [2.75, 3.05) is 21.3 Å². The van der Waals surface area contributed by atoms with E-state index >= 15 is 0 Å². The third-order valence-electron chi connectivity index (χ3n) is 2.60. The zero-order valence-corrected chi connectivity index (χ0v) is 11.6. The highest BCUT2D eigenvalue weighted by atomic mass is 32.1. The standard InChI is InChI=1S/C13H13NO4S/c1-16-9-5-11(18-3)10(17-2)4-8(9)12-6-14-13(7-15)19-12/h4-7H,1-3H3. The van der Waals surface area contributed by atoms with Gasteiger partial charge in [0.15, 0.2) is 22.8 Å². The van der Waals surface area contributed by atoms with Crippen LogP contribution in [0.1, 0.15) is 9.80 Å². The van der Waals surface area contributed by atoms with E-state index in [0.717, 1.165) is 16.7 Å². The van der Waals surface area contributed by atoms with Gasteiger partial charge in [-0.1, -0.05) is 0 Å². The number of benzene rings is 1. The van der Waals surface area contributed by atoms with E-state index in [1.165, 1.54) is 11.3 Å². The molecule has 2 aromatic rings. The fraction of sp³-hybridized carbons (Fsp3) is 0.231. The molecule has 100 valence electrons. The Kier molecular flexibility index (Phi) is 4.01. The van der Waals surface area contributed by atoms with Gasteiger partial charge in [-0.15, -0.1) is 11.3 Å². The van der Waals surface area contributed by atoms with Gasteiger partial charge < -0.3 is 14.2 Å². The third kappa shape index (κ3) is 2.53. The molecule has 0 bridgehead atoms. The van der Waals surface area contributed by atoms with Crippen LogP contribution in [-0.2, 0) is 0 Å². The number of ether oxygens (including phenoxy) is 3. The van der Waals surface area contributed by atoms with E-state index in [-0.39, 0.29) is 0 Å². The molecule has 0 unspecified atom stereocenters. The van der Waals surface area contributed by atoms with Crippen LogP contribution in [0.25, 0.3) is 10.4 Å². The lowest BCUT2D eigenvalue weighted by molar-refractivity contribution is 0.112. The molecule has 0 amide bonds. The van der Waals surface area contributed by atoms with Crippen LogP contribution in [0.2, 0.25) is 0 Å². The summed E-state index contributed by atoms with van der Waals surface area (Å²) in [5, 5.41) is 0.423. The molecular weight excluding hydrogens is 266 g/mol. The number of hydrogen-bond acceptors (Lipinski definition) is 6. The molecule has 19 heavy (non-hydrogen) atoms. The molecule has 0 aliphatic carbocycles. The average molecular weight is 279 g/mol. The first-order valence-electron chi connectivity index (χ1n) is 5.44. The number of rotatable bonds is 5. The van der Waals surface area contributed by atoms with Gasteiger partial charge in [0.1, 0.15) is 5.75 Å². The molecule has 6 heteroatoms. The number of nitrogens with zero attached hydrogens (tertiary/aromatic N) is 1. The first-order chi connectivity index (χ1) is 9.23. The Labute approximate surface area is 114 Å². The first kappa shape index (κ1) is 13.4. The van der Waals surface area contributed by atoms with Crippen molar-refractivity contribution in [3.8, 4) is 27.7 Å². The van der Waals surface area contributed by atoms with Crippen molar-refractivity contribution in [1.82, 2.24) is 4.98 Å². The minimum absolute atomic E-state index is 0.423. The lowest BCUT2D eigenvalue weighted by Crippen LogP contribution is -1.94. The smallest absolute Gasteiger partial charge is 0.178 e. The minimum atomic E-state index is 0.423. The molecule has 1 aromatic carbocycles. The Hall–Kier alpha value is -2.08. The number of carbonyl (C=O) groups excluding carboxylic acids is 1. The van der Waals surface area contributed by atoms with Crippen LogP contribution in [0.3, 0.4) is 0 Å². The number of aldehydes is 1. The lowest BCUT2D eigenvalue weighted by atomic mass is 10.1. The molecule has 0 radical (unpaired) electrons. The molecule has 0 spiro atoms. The molecule has 0 fully saturated rings. The predicted molar refractivity (Wildman–Crippen MR) is 72.6 cm³/mol. The van der Waals surface area contributed by atoms with Crippen LogP contribution >= 0.6 is 11.3 Å². The molecule has 1 heterocycles. The van der Waals surface area contributed by atoms with Crippen molar-refractivity contribution in [3.63, 3.8) is 0 Å². The maximum Gasteiger partial charge on any atom is 0.178 e. The molecule has 0 atom stereocenters. The number of carbonyl (C=O) groups is 1. The normalized spacial score (nSPS) is 10.1. The minimum Gasteiger partial charge on any atom is -0.496 e. The summed E-state index contributed by atoms with van der Waals surface area (Å²) in [6.45, 7) is 0. The zero-order chi connectivity index (χ0) is 13.8. The van der Waals surface area contributed by atoms with Crippen molar-refractivity contribution >= 4 is 17.6 Å². The van der Waals surface area contributed by atoms with Gasteiger partial charge in [-0.2, -0.15) is 0 Å². The van der Waals surface area contributed by atoms with Gasteiger partial charge in [0.2, 0.25) is 0 Å². The monoisotopic (exact) mass is 279 g/mol. The third-order valence-corrected chi connectivity index (χ3v) is 3.55. The maximum absolute atomic E-state index is 10.7. The second-order valence-corrected chi connectivity index (χ2v) is 4.65. The topological polar surface area (TPSA) is 57.7 Å². The van der Waals surface area contributed by atoms with Gasteiger partial charge in [0.05, 0.1) is 26.2 Å². The summed E-state index contributed by atoms with van der Waals surface area (Å²) in [7, 11) is 4.71. The molecule has 5 nitrogen and oxygen atoms in total. The highest BCUT2D eigenvalue weighted by molar-refractivity contribution is 7.16. The number of thiazole rings is 1. The quantitative estimate of drug-likeness (QED) is 0.787. The second kappa shape index (κ2) is 5.71. The molecule has 0 aliphatic rings. The van der Waals surface area contributed by atoms with Gasteiger partial charge in [-0.3, -0.25) is 4.79 Å². The Morgan fingerprint density at radius 2 is 1.68 bits per heavy atom. The highest BCUT2D eigenvalue weighted by Crippen LogP contribution is 2.41. The Morgan fingerprint density at radius 1 is 1.05 bits per heavy atom. The van der Waals surface area contributed by atoms with Crippen molar-refractivity contribution in [3.05, 3.63) is 23.3 Å². The van der Waals surface area contributed by atoms with Gasteiger partial charge in [0, 0.05) is 17.8 Å². The molecule has 0 aliphatic heterocycles. The van der Waals surface area contributed by atoms with E-state index < -0.39 is 0 Å². The number of methoxy groups -OCH3 is 3. The van der Waals surface area contributed by atoms with Gasteiger partial charge in [-0.05, 0) is 6.07 Å². The van der Waals surface area contributed by atoms with Crippen LogP contribution in [0.15, 0.2) is 18.3 Å². The van der Waals surface area contributed by atoms with E-state index in [0.29, 0.717) is 22.3 Å². The molecule has 1 aromatic heterocycles. The van der Waals surface area contributed by atoms with Crippen molar-refractivity contribution in [2.45, 2.75) is 0 Å². The average Bonchev–Trinajstić information content (AvgIpc) is 2.94. The van der Waals surface area contributed by atoms with Crippen molar-refractivity contribution in [2.24, 2.45) is 0 Å². The fourth-order valence-electron chi connectivity index (χ4n) is 1.69. The van der Waals surface area contributed by atoms with Crippen LogP contribution in [-0.4, -0.2) is 32.6 Å². The summed E-state index contributed by atoms with van der Waals surface area (Å²) < 4.78 is 15.8. The van der Waals surface area contributed by atoms with Crippen LogP contribution in [0, 0.1) is 0 Å². The zero-order valence-electron chi connectivity index (χ0n) is 10.8. The number of aromatic nitrogens is 1. The van der Waals surface area contributed by atoms with Crippen molar-refractivity contribution in [1.29, 1.82) is 0 Å². The molecule has 0 N–H and O–H groups in total. The van der Waals surface area contributed by atoms with Gasteiger partial charge >= 0.3 is 0 Å². The largest absolute Gasteiger partial charge is 0.496 e. The summed E-state index contributed by atoms with van der Waals surface area (Å²) in [6.07, 6.45) is 2.36. The van der Waals surface area contributed by atoms with E-state index in [9.17, 15) is 4.79 Å². The summed E-state index contributed by atoms with van der Waals surface area (Å²) in [5.41, 5.74) is 0.811. The molecule has 0 saturated heterocycles. The summed E-state index contributed by atoms with van der Waals surface area (Å²) >= 11 is 1.29. The molecule has 0 saturated carbocycles. The van der Waals surface area contributed by atoms with E-state index in [1.54, 1.807) is 39.7 Å². The van der Waals surface area contributed by atoms with Crippen molar-refractivity contribution < 1.29 is 19.0 Å². The van der Waals surface area contributed by atoms with Crippen LogP contribution < -0.4 is 14.2 Å². The summed E-state index contributed by atoms with van der Waals surface area (Å²) in [5.74, 6) is 1.82. The predicted octanol–water partition coefficient (Wildman–Crippen LogP) is 2.65. The fourth-order valence-corrected chi connectivity index (χ4v) is 2.44.